The van der Waals surface area contributed by atoms with Crippen molar-refractivity contribution in [1.29, 1.82) is 0 Å². The fourth-order valence-corrected chi connectivity index (χ4v) is 3.88. The van der Waals surface area contributed by atoms with Gasteiger partial charge in [0.25, 0.3) is 0 Å². The molecule has 6 nitrogen and oxygen atoms in total. The van der Waals surface area contributed by atoms with Gasteiger partial charge >= 0.3 is 11.9 Å². The minimum Gasteiger partial charge on any atom is -0.490 e. The van der Waals surface area contributed by atoms with E-state index >= 15 is 0 Å². The summed E-state index contributed by atoms with van der Waals surface area (Å²) in [6, 6.07) is 11.2. The van der Waals surface area contributed by atoms with Crippen LogP contribution in [0.3, 0.4) is 0 Å². The fourth-order valence-electron chi connectivity index (χ4n) is 3.17. The Hall–Kier alpha value is -2.15. The second-order valence-corrected chi connectivity index (χ2v) is 9.35. The number of benzene rings is 2. The van der Waals surface area contributed by atoms with Crippen LogP contribution < -0.4 is 9.47 Å². The lowest BCUT2D eigenvalue weighted by molar-refractivity contribution is -0.158. The third kappa shape index (κ3) is 8.26. The molecule has 0 saturated carbocycles. The van der Waals surface area contributed by atoms with Crippen molar-refractivity contribution < 1.29 is 28.5 Å². The molecule has 0 radical (unpaired) electrons. The molecule has 34 heavy (non-hydrogen) atoms. The van der Waals surface area contributed by atoms with Gasteiger partial charge in [0.1, 0.15) is 19.0 Å². The maximum atomic E-state index is 11.3. The first-order valence-electron chi connectivity index (χ1n) is 10.8. The van der Waals surface area contributed by atoms with Crippen molar-refractivity contribution in [2.75, 3.05) is 25.7 Å². The van der Waals surface area contributed by atoms with Gasteiger partial charge in [-0.15, -0.1) is 11.6 Å². The number of hydrogen-bond donors (Lipinski definition) is 0. The standard InChI is InChI=1S/C25H29Cl3O6/c1-16(29)32-14-21(34-17(2)30)15-33-20-8-6-18(7-9-20)25(3,4)19-12-22(27)24(23(28)13-19)31-11-5-10-26/h6-9,12-13,21H,5,10-11,14-15H2,1-4H3/t21-/m1/s1. The highest BCUT2D eigenvalue weighted by Crippen LogP contribution is 2.40. The molecule has 0 heterocycles. The van der Waals surface area contributed by atoms with E-state index in [4.69, 9.17) is 53.8 Å². The summed E-state index contributed by atoms with van der Waals surface area (Å²) < 4.78 is 21.5. The van der Waals surface area contributed by atoms with Crippen molar-refractivity contribution in [3.05, 3.63) is 57.6 Å². The van der Waals surface area contributed by atoms with E-state index < -0.39 is 23.5 Å². The molecule has 0 fully saturated rings. The van der Waals surface area contributed by atoms with Gasteiger partial charge < -0.3 is 18.9 Å². The Morgan fingerprint density at radius 2 is 1.53 bits per heavy atom. The van der Waals surface area contributed by atoms with Crippen LogP contribution in [0.1, 0.15) is 45.2 Å². The van der Waals surface area contributed by atoms with Crippen molar-refractivity contribution in [3.63, 3.8) is 0 Å². The molecule has 0 amide bonds. The Morgan fingerprint density at radius 1 is 0.912 bits per heavy atom. The topological polar surface area (TPSA) is 71.1 Å². The molecule has 2 rings (SSSR count). The molecule has 1 atom stereocenters. The van der Waals surface area contributed by atoms with Gasteiger partial charge in [0.05, 0.1) is 16.7 Å². The summed E-state index contributed by atoms with van der Waals surface area (Å²) in [5, 5.41) is 0.879. The minimum atomic E-state index is -0.702. The summed E-state index contributed by atoms with van der Waals surface area (Å²) in [6.45, 7) is 7.11. The Bertz CT molecular complexity index is 952. The average molecular weight is 532 g/mol. The van der Waals surface area contributed by atoms with Crippen LogP contribution in [0.5, 0.6) is 11.5 Å². The second kappa shape index (κ2) is 13.1. The molecule has 186 valence electrons. The number of carbonyl (C=O) groups excluding carboxylic acids is 2. The van der Waals surface area contributed by atoms with Crippen LogP contribution in [-0.4, -0.2) is 43.7 Å². The largest absolute Gasteiger partial charge is 0.490 e. The smallest absolute Gasteiger partial charge is 0.303 e. The van der Waals surface area contributed by atoms with Gasteiger partial charge in [0.2, 0.25) is 0 Å². The zero-order chi connectivity index (χ0) is 25.3. The number of carbonyl (C=O) groups is 2. The molecule has 0 saturated heterocycles. The maximum absolute atomic E-state index is 11.3. The molecule has 2 aromatic carbocycles. The number of ether oxygens (including phenoxy) is 4. The van der Waals surface area contributed by atoms with Crippen LogP contribution in [0.4, 0.5) is 0 Å². The third-order valence-electron chi connectivity index (χ3n) is 5.06. The molecule has 0 aliphatic rings. The van der Waals surface area contributed by atoms with E-state index in [0.717, 1.165) is 11.1 Å². The third-order valence-corrected chi connectivity index (χ3v) is 5.89. The van der Waals surface area contributed by atoms with Crippen LogP contribution in [0.2, 0.25) is 10.0 Å². The summed E-state index contributed by atoms with van der Waals surface area (Å²) in [4.78, 5) is 22.3. The average Bonchev–Trinajstić information content (AvgIpc) is 2.77. The van der Waals surface area contributed by atoms with E-state index in [1.807, 2.05) is 36.4 Å². The highest BCUT2D eigenvalue weighted by Gasteiger charge is 2.26. The summed E-state index contributed by atoms with van der Waals surface area (Å²) in [6.07, 6.45) is -0.00619. The molecule has 0 spiro atoms. The molecule has 0 aliphatic carbocycles. The SMILES string of the molecule is CC(=O)OC[C@H](COc1ccc(C(C)(C)c2cc(Cl)c(OCCCCl)c(Cl)c2)cc1)OC(C)=O. The highest BCUT2D eigenvalue weighted by atomic mass is 35.5. The molecule has 0 aliphatic heterocycles. The lowest BCUT2D eigenvalue weighted by atomic mass is 9.78. The molecular weight excluding hydrogens is 503 g/mol. The van der Waals surface area contributed by atoms with Crippen LogP contribution in [0.15, 0.2) is 36.4 Å². The molecule has 0 unspecified atom stereocenters. The zero-order valence-corrected chi connectivity index (χ0v) is 21.9. The number of hydrogen-bond acceptors (Lipinski definition) is 6. The van der Waals surface area contributed by atoms with E-state index in [1.54, 1.807) is 0 Å². The fraction of sp³-hybridized carbons (Fsp3) is 0.440. The molecule has 0 bridgehead atoms. The van der Waals surface area contributed by atoms with Crippen LogP contribution >= 0.6 is 34.8 Å². The highest BCUT2D eigenvalue weighted by molar-refractivity contribution is 6.37. The van der Waals surface area contributed by atoms with Gasteiger partial charge in [-0.2, -0.15) is 0 Å². The molecule has 9 heteroatoms. The van der Waals surface area contributed by atoms with E-state index in [0.29, 0.717) is 40.5 Å². The van der Waals surface area contributed by atoms with E-state index in [-0.39, 0.29) is 13.2 Å². The van der Waals surface area contributed by atoms with Gasteiger partial charge in [-0.25, -0.2) is 0 Å². The second-order valence-electron chi connectivity index (χ2n) is 8.15. The van der Waals surface area contributed by atoms with Gasteiger partial charge in [-0.3, -0.25) is 9.59 Å². The predicted octanol–water partition coefficient (Wildman–Crippen LogP) is 6.20. The maximum Gasteiger partial charge on any atom is 0.303 e. The summed E-state index contributed by atoms with van der Waals surface area (Å²) >= 11 is 18.6. The van der Waals surface area contributed by atoms with E-state index in [2.05, 4.69) is 13.8 Å². The first-order valence-corrected chi connectivity index (χ1v) is 12.1. The Balaban J connectivity index is 2.11. The summed E-state index contributed by atoms with van der Waals surface area (Å²) in [5.74, 6) is 0.590. The summed E-state index contributed by atoms with van der Waals surface area (Å²) in [7, 11) is 0. The van der Waals surface area contributed by atoms with Crippen LogP contribution in [-0.2, 0) is 24.5 Å². The van der Waals surface area contributed by atoms with Crippen molar-refractivity contribution in [3.8, 4) is 11.5 Å². The van der Waals surface area contributed by atoms with Gasteiger partial charge in [-0.05, 0) is 41.8 Å². The zero-order valence-electron chi connectivity index (χ0n) is 19.7. The molecule has 2 aromatic rings. The Labute approximate surface area is 215 Å². The predicted molar refractivity (Wildman–Crippen MR) is 134 cm³/mol. The van der Waals surface area contributed by atoms with Gasteiger partial charge in [0, 0.05) is 25.1 Å². The monoisotopic (exact) mass is 530 g/mol. The number of esters is 2. The van der Waals surface area contributed by atoms with Gasteiger partial charge in [0.15, 0.2) is 11.9 Å². The number of rotatable bonds is 12. The summed E-state index contributed by atoms with van der Waals surface area (Å²) in [5.41, 5.74) is 1.53. The lowest BCUT2D eigenvalue weighted by Crippen LogP contribution is -2.29. The molecular formula is C25H29Cl3O6. The van der Waals surface area contributed by atoms with E-state index in [9.17, 15) is 9.59 Å². The molecule has 0 aromatic heterocycles. The van der Waals surface area contributed by atoms with Crippen molar-refractivity contribution in [2.24, 2.45) is 0 Å². The molecule has 0 N–H and O–H groups in total. The van der Waals surface area contributed by atoms with Crippen molar-refractivity contribution in [1.82, 2.24) is 0 Å². The Kier molecular flexibility index (Phi) is 10.8. The first-order chi connectivity index (χ1) is 16.0. The number of alkyl halides is 1. The van der Waals surface area contributed by atoms with Crippen molar-refractivity contribution in [2.45, 2.75) is 45.6 Å². The first kappa shape index (κ1) is 28.1. The normalized spacial score (nSPS) is 12.1. The number of halogens is 3. The van der Waals surface area contributed by atoms with Gasteiger partial charge in [-0.1, -0.05) is 49.2 Å². The van der Waals surface area contributed by atoms with E-state index in [1.165, 1.54) is 13.8 Å². The quantitative estimate of drug-likeness (QED) is 0.184. The Morgan fingerprint density at radius 3 is 2.06 bits per heavy atom. The van der Waals surface area contributed by atoms with Crippen molar-refractivity contribution >= 4 is 46.7 Å². The minimum absolute atomic E-state index is 0.0476. The van der Waals surface area contributed by atoms with Crippen LogP contribution in [0.25, 0.3) is 0 Å². The van der Waals surface area contributed by atoms with Crippen LogP contribution in [0, 0.1) is 0 Å². The lowest BCUT2D eigenvalue weighted by Gasteiger charge is -2.27.